The predicted octanol–water partition coefficient (Wildman–Crippen LogP) is 4.09. The number of hydrogen-bond donors (Lipinski definition) is 0. The summed E-state index contributed by atoms with van der Waals surface area (Å²) in [5.74, 6) is 0. The Morgan fingerprint density at radius 1 is 0.870 bits per heavy atom. The number of nitrogens with zero attached hydrogens (tertiary/aromatic N) is 2. The molecule has 4 heteroatoms. The van der Waals surface area contributed by atoms with Gasteiger partial charge in [0.2, 0.25) is 0 Å². The van der Waals surface area contributed by atoms with Gasteiger partial charge in [0, 0.05) is 25.2 Å². The third-order valence-electron chi connectivity index (χ3n) is 3.96. The fourth-order valence-electron chi connectivity index (χ4n) is 2.66. The van der Waals surface area contributed by atoms with Crippen LogP contribution in [0.25, 0.3) is 0 Å². The third-order valence-corrected chi connectivity index (χ3v) is 3.96. The van der Waals surface area contributed by atoms with Crippen molar-refractivity contribution in [3.05, 3.63) is 75.8 Å². The van der Waals surface area contributed by atoms with Gasteiger partial charge in [0.1, 0.15) is 0 Å². The summed E-state index contributed by atoms with van der Waals surface area (Å²) in [5, 5.41) is 10.7. The smallest absolute Gasteiger partial charge is 0.269 e. The molecule has 0 unspecified atom stereocenters. The summed E-state index contributed by atoms with van der Waals surface area (Å²) in [6, 6.07) is 17.4. The van der Waals surface area contributed by atoms with E-state index in [9.17, 15) is 10.1 Å². The van der Waals surface area contributed by atoms with Gasteiger partial charge in [-0.25, -0.2) is 0 Å². The standard InChI is InChI=1S/C19H24N2O2/c1-2-14-20(15-12-17-6-4-3-5-7-17)16-13-18-8-10-19(11-9-18)21(22)23/h3-11H,2,12-16H2,1H3. The normalized spacial score (nSPS) is 10.9. The van der Waals surface area contributed by atoms with Gasteiger partial charge in [-0.2, -0.15) is 0 Å². The van der Waals surface area contributed by atoms with Crippen LogP contribution in [0.4, 0.5) is 5.69 Å². The molecule has 2 aromatic rings. The Bertz CT molecular complexity index is 597. The van der Waals surface area contributed by atoms with Crippen LogP contribution in [0.2, 0.25) is 0 Å². The van der Waals surface area contributed by atoms with Gasteiger partial charge in [0.25, 0.3) is 5.69 Å². The molecule has 122 valence electrons. The first-order chi connectivity index (χ1) is 11.2. The van der Waals surface area contributed by atoms with Crippen molar-refractivity contribution in [1.29, 1.82) is 0 Å². The van der Waals surface area contributed by atoms with Gasteiger partial charge in [-0.15, -0.1) is 0 Å². The van der Waals surface area contributed by atoms with E-state index in [1.54, 1.807) is 12.1 Å². The molecule has 0 aliphatic rings. The predicted molar refractivity (Wildman–Crippen MR) is 93.7 cm³/mol. The average molecular weight is 312 g/mol. The van der Waals surface area contributed by atoms with Crippen molar-refractivity contribution >= 4 is 5.69 Å². The Labute approximate surface area is 137 Å². The van der Waals surface area contributed by atoms with Crippen LogP contribution in [0.3, 0.4) is 0 Å². The fraction of sp³-hybridized carbons (Fsp3) is 0.368. The van der Waals surface area contributed by atoms with Crippen LogP contribution in [0, 0.1) is 10.1 Å². The van der Waals surface area contributed by atoms with Crippen LogP contribution in [-0.4, -0.2) is 29.5 Å². The fourth-order valence-corrected chi connectivity index (χ4v) is 2.66. The molecule has 0 saturated heterocycles. The molecular formula is C19H24N2O2. The SMILES string of the molecule is CCCN(CCc1ccccc1)CCc1ccc([N+](=O)[O-])cc1. The molecule has 4 nitrogen and oxygen atoms in total. The molecule has 0 N–H and O–H groups in total. The molecule has 0 heterocycles. The molecule has 2 rings (SSSR count). The van der Waals surface area contributed by atoms with Gasteiger partial charge in [-0.3, -0.25) is 10.1 Å². The monoisotopic (exact) mass is 312 g/mol. The van der Waals surface area contributed by atoms with Crippen molar-refractivity contribution in [2.45, 2.75) is 26.2 Å². The van der Waals surface area contributed by atoms with E-state index in [1.165, 1.54) is 5.56 Å². The van der Waals surface area contributed by atoms with Crippen molar-refractivity contribution < 1.29 is 4.92 Å². The Morgan fingerprint density at radius 2 is 1.43 bits per heavy atom. The zero-order valence-electron chi connectivity index (χ0n) is 13.6. The van der Waals surface area contributed by atoms with E-state index in [0.717, 1.165) is 44.5 Å². The topological polar surface area (TPSA) is 46.4 Å². The molecule has 0 spiro atoms. The maximum absolute atomic E-state index is 10.7. The van der Waals surface area contributed by atoms with Gasteiger partial charge >= 0.3 is 0 Å². The highest BCUT2D eigenvalue weighted by molar-refractivity contribution is 5.32. The van der Waals surface area contributed by atoms with Crippen molar-refractivity contribution in [3.8, 4) is 0 Å². The summed E-state index contributed by atoms with van der Waals surface area (Å²) >= 11 is 0. The molecule has 0 saturated carbocycles. The van der Waals surface area contributed by atoms with Gasteiger partial charge in [-0.05, 0) is 36.9 Å². The highest BCUT2D eigenvalue weighted by Crippen LogP contribution is 2.13. The number of nitro benzene ring substituents is 1. The molecule has 0 amide bonds. The van der Waals surface area contributed by atoms with Crippen molar-refractivity contribution in [3.63, 3.8) is 0 Å². The minimum Gasteiger partial charge on any atom is -0.303 e. The van der Waals surface area contributed by atoms with E-state index in [1.807, 2.05) is 18.2 Å². The van der Waals surface area contributed by atoms with Gasteiger partial charge < -0.3 is 4.90 Å². The van der Waals surface area contributed by atoms with Gasteiger partial charge in [-0.1, -0.05) is 49.4 Å². The number of benzene rings is 2. The molecular weight excluding hydrogens is 288 g/mol. The average Bonchev–Trinajstić information content (AvgIpc) is 2.58. The van der Waals surface area contributed by atoms with E-state index in [-0.39, 0.29) is 10.6 Å². The van der Waals surface area contributed by atoms with E-state index >= 15 is 0 Å². The lowest BCUT2D eigenvalue weighted by Crippen LogP contribution is -2.29. The number of nitro groups is 1. The zero-order chi connectivity index (χ0) is 16.5. The van der Waals surface area contributed by atoms with Crippen molar-refractivity contribution in [2.75, 3.05) is 19.6 Å². The minimum atomic E-state index is -0.354. The Hall–Kier alpha value is -2.20. The van der Waals surface area contributed by atoms with Gasteiger partial charge in [0.05, 0.1) is 4.92 Å². The van der Waals surface area contributed by atoms with Crippen LogP contribution in [-0.2, 0) is 12.8 Å². The number of non-ortho nitro benzene ring substituents is 1. The highest BCUT2D eigenvalue weighted by Gasteiger charge is 2.07. The van der Waals surface area contributed by atoms with E-state index in [4.69, 9.17) is 0 Å². The quantitative estimate of drug-likeness (QED) is 0.517. The molecule has 0 atom stereocenters. The second kappa shape index (κ2) is 9.06. The maximum Gasteiger partial charge on any atom is 0.269 e. The lowest BCUT2D eigenvalue weighted by molar-refractivity contribution is -0.384. The molecule has 0 bridgehead atoms. The summed E-state index contributed by atoms with van der Waals surface area (Å²) in [5.41, 5.74) is 2.67. The first-order valence-corrected chi connectivity index (χ1v) is 8.18. The van der Waals surface area contributed by atoms with Gasteiger partial charge in [0.15, 0.2) is 0 Å². The summed E-state index contributed by atoms with van der Waals surface area (Å²) in [7, 11) is 0. The van der Waals surface area contributed by atoms with Crippen LogP contribution in [0.15, 0.2) is 54.6 Å². The summed E-state index contributed by atoms with van der Waals surface area (Å²) < 4.78 is 0. The zero-order valence-corrected chi connectivity index (χ0v) is 13.6. The second-order valence-electron chi connectivity index (χ2n) is 5.75. The Kier molecular flexibility index (Phi) is 6.76. The van der Waals surface area contributed by atoms with Crippen molar-refractivity contribution in [2.24, 2.45) is 0 Å². The lowest BCUT2D eigenvalue weighted by Gasteiger charge is -2.21. The minimum absolute atomic E-state index is 0.156. The summed E-state index contributed by atoms with van der Waals surface area (Å²) in [4.78, 5) is 12.8. The lowest BCUT2D eigenvalue weighted by atomic mass is 10.1. The number of rotatable bonds is 9. The first-order valence-electron chi connectivity index (χ1n) is 8.18. The van der Waals surface area contributed by atoms with E-state index in [0.29, 0.717) is 0 Å². The number of hydrogen-bond acceptors (Lipinski definition) is 3. The maximum atomic E-state index is 10.7. The van der Waals surface area contributed by atoms with Crippen molar-refractivity contribution in [1.82, 2.24) is 4.90 Å². The summed E-state index contributed by atoms with van der Waals surface area (Å²) in [6.45, 7) is 5.31. The van der Waals surface area contributed by atoms with Crippen LogP contribution in [0.5, 0.6) is 0 Å². The van der Waals surface area contributed by atoms with E-state index < -0.39 is 0 Å². The van der Waals surface area contributed by atoms with E-state index in [2.05, 4.69) is 36.1 Å². The molecule has 0 aromatic heterocycles. The Balaban J connectivity index is 1.85. The summed E-state index contributed by atoms with van der Waals surface area (Å²) in [6.07, 6.45) is 3.11. The molecule has 0 aliphatic heterocycles. The van der Waals surface area contributed by atoms with Crippen LogP contribution in [0.1, 0.15) is 24.5 Å². The Morgan fingerprint density at radius 3 is 1.96 bits per heavy atom. The molecule has 0 aliphatic carbocycles. The molecule has 23 heavy (non-hydrogen) atoms. The molecule has 0 fully saturated rings. The largest absolute Gasteiger partial charge is 0.303 e. The third kappa shape index (κ3) is 5.83. The highest BCUT2D eigenvalue weighted by atomic mass is 16.6. The molecule has 0 radical (unpaired) electrons. The molecule has 2 aromatic carbocycles. The first kappa shape index (κ1) is 17.2. The van der Waals surface area contributed by atoms with Crippen LogP contribution >= 0.6 is 0 Å². The van der Waals surface area contributed by atoms with Crippen LogP contribution < -0.4 is 0 Å². The second-order valence-corrected chi connectivity index (χ2v) is 5.75.